The molecule has 0 aromatic carbocycles. The van der Waals surface area contributed by atoms with Crippen LogP contribution in [-0.4, -0.2) is 15.7 Å². The third kappa shape index (κ3) is 1.64. The maximum atomic E-state index is 5.92. The smallest absolute Gasteiger partial charge is 0.223 e. The van der Waals surface area contributed by atoms with Gasteiger partial charge in [0.05, 0.1) is 0 Å². The van der Waals surface area contributed by atoms with Crippen molar-refractivity contribution in [2.24, 2.45) is 5.73 Å². The van der Waals surface area contributed by atoms with Crippen LogP contribution < -0.4 is 5.73 Å². The van der Waals surface area contributed by atoms with Crippen molar-refractivity contribution in [3.05, 3.63) is 11.7 Å². The zero-order chi connectivity index (χ0) is 8.60. The summed E-state index contributed by atoms with van der Waals surface area (Å²) in [7, 11) is 0. The normalized spacial score (nSPS) is 19.5. The van der Waals surface area contributed by atoms with E-state index < -0.39 is 0 Å². The highest BCUT2D eigenvalue weighted by atomic mass is 16.5. The Morgan fingerprint density at radius 3 is 2.83 bits per heavy atom. The predicted octanol–water partition coefficient (Wildman–Crippen LogP) is 0.802. The summed E-state index contributed by atoms with van der Waals surface area (Å²) in [6.07, 6.45) is 4.10. The molecule has 1 aliphatic carbocycles. The van der Waals surface area contributed by atoms with Gasteiger partial charge in [0, 0.05) is 18.9 Å². The standard InChI is InChI=1S/C8H13N3O/c1-6-10-7(11-12-6)2-3-8(9)4-5-8/h2-5,9H2,1H3. The SMILES string of the molecule is Cc1nc(CCC2(N)CC2)no1. The molecule has 0 saturated heterocycles. The molecule has 1 heterocycles. The molecule has 2 rings (SSSR count). The third-order valence-corrected chi connectivity index (χ3v) is 2.31. The minimum atomic E-state index is 0.0918. The molecule has 0 aliphatic heterocycles. The fraction of sp³-hybridized carbons (Fsp3) is 0.750. The van der Waals surface area contributed by atoms with Gasteiger partial charge in [-0.3, -0.25) is 0 Å². The van der Waals surface area contributed by atoms with E-state index in [1.807, 2.05) is 0 Å². The fourth-order valence-corrected chi connectivity index (χ4v) is 1.21. The zero-order valence-corrected chi connectivity index (χ0v) is 7.21. The lowest BCUT2D eigenvalue weighted by atomic mass is 10.1. The van der Waals surface area contributed by atoms with Gasteiger partial charge < -0.3 is 10.3 Å². The first-order valence-electron chi connectivity index (χ1n) is 4.26. The van der Waals surface area contributed by atoms with Crippen LogP contribution in [0.25, 0.3) is 0 Å². The Kier molecular flexibility index (Phi) is 1.65. The Morgan fingerprint density at radius 2 is 2.33 bits per heavy atom. The molecule has 0 atom stereocenters. The molecule has 1 aromatic heterocycles. The van der Waals surface area contributed by atoms with E-state index in [1.54, 1.807) is 6.92 Å². The van der Waals surface area contributed by atoms with Gasteiger partial charge in [-0.25, -0.2) is 0 Å². The number of hydrogen-bond acceptors (Lipinski definition) is 4. The summed E-state index contributed by atoms with van der Waals surface area (Å²) in [4.78, 5) is 4.11. The molecule has 4 heteroatoms. The molecule has 0 spiro atoms. The van der Waals surface area contributed by atoms with Gasteiger partial charge in [0.2, 0.25) is 5.89 Å². The van der Waals surface area contributed by atoms with Crippen LogP contribution in [0, 0.1) is 6.92 Å². The quantitative estimate of drug-likeness (QED) is 0.723. The molecule has 1 aliphatic rings. The number of hydrogen-bond donors (Lipinski definition) is 1. The first kappa shape index (κ1) is 7.73. The summed E-state index contributed by atoms with van der Waals surface area (Å²) < 4.78 is 4.85. The van der Waals surface area contributed by atoms with E-state index in [1.165, 1.54) is 0 Å². The van der Waals surface area contributed by atoms with Crippen molar-refractivity contribution in [3.63, 3.8) is 0 Å². The van der Waals surface area contributed by atoms with Crippen LogP contribution >= 0.6 is 0 Å². The minimum Gasteiger partial charge on any atom is -0.340 e. The second kappa shape index (κ2) is 2.55. The highest BCUT2D eigenvalue weighted by molar-refractivity contribution is 5.00. The average Bonchev–Trinajstić information content (AvgIpc) is 2.60. The molecule has 12 heavy (non-hydrogen) atoms. The number of nitrogens with two attached hydrogens (primary N) is 1. The van der Waals surface area contributed by atoms with Gasteiger partial charge in [-0.15, -0.1) is 0 Å². The van der Waals surface area contributed by atoms with Gasteiger partial charge in [-0.2, -0.15) is 4.98 Å². The summed E-state index contributed by atoms with van der Waals surface area (Å²) >= 11 is 0. The summed E-state index contributed by atoms with van der Waals surface area (Å²) in [6.45, 7) is 1.80. The number of rotatable bonds is 3. The van der Waals surface area contributed by atoms with Crippen molar-refractivity contribution >= 4 is 0 Å². The van der Waals surface area contributed by atoms with E-state index in [0.717, 1.165) is 31.5 Å². The Morgan fingerprint density at radius 1 is 1.58 bits per heavy atom. The Bertz CT molecular complexity index is 278. The average molecular weight is 167 g/mol. The van der Waals surface area contributed by atoms with E-state index in [2.05, 4.69) is 10.1 Å². The van der Waals surface area contributed by atoms with Crippen LogP contribution in [0.4, 0.5) is 0 Å². The topological polar surface area (TPSA) is 64.9 Å². The molecule has 2 N–H and O–H groups in total. The van der Waals surface area contributed by atoms with Crippen molar-refractivity contribution in [2.45, 2.75) is 38.1 Å². The second-order valence-electron chi connectivity index (χ2n) is 3.59. The van der Waals surface area contributed by atoms with Crippen molar-refractivity contribution in [2.75, 3.05) is 0 Å². The van der Waals surface area contributed by atoms with E-state index >= 15 is 0 Å². The summed E-state index contributed by atoms with van der Waals surface area (Å²) in [5, 5.41) is 3.80. The van der Waals surface area contributed by atoms with Gasteiger partial charge in [0.1, 0.15) is 0 Å². The number of aryl methyl sites for hydroxylation is 2. The largest absolute Gasteiger partial charge is 0.340 e. The van der Waals surface area contributed by atoms with Crippen LogP contribution in [0.15, 0.2) is 4.52 Å². The number of nitrogens with zero attached hydrogens (tertiary/aromatic N) is 2. The Balaban J connectivity index is 1.87. The van der Waals surface area contributed by atoms with Gasteiger partial charge in [0.25, 0.3) is 0 Å². The molecular formula is C8H13N3O. The fourth-order valence-electron chi connectivity index (χ4n) is 1.21. The summed E-state index contributed by atoms with van der Waals surface area (Å²) in [5.74, 6) is 1.41. The molecule has 0 radical (unpaired) electrons. The predicted molar refractivity (Wildman–Crippen MR) is 43.5 cm³/mol. The van der Waals surface area contributed by atoms with Crippen LogP contribution in [0.2, 0.25) is 0 Å². The van der Waals surface area contributed by atoms with E-state index in [-0.39, 0.29) is 5.54 Å². The maximum Gasteiger partial charge on any atom is 0.223 e. The van der Waals surface area contributed by atoms with Crippen molar-refractivity contribution in [3.8, 4) is 0 Å². The number of aromatic nitrogens is 2. The third-order valence-electron chi connectivity index (χ3n) is 2.31. The van der Waals surface area contributed by atoms with Gasteiger partial charge in [-0.1, -0.05) is 5.16 Å². The van der Waals surface area contributed by atoms with Gasteiger partial charge in [0.15, 0.2) is 5.82 Å². The zero-order valence-electron chi connectivity index (χ0n) is 7.21. The summed E-state index contributed by atoms with van der Waals surface area (Å²) in [6, 6.07) is 0. The van der Waals surface area contributed by atoms with Crippen molar-refractivity contribution in [1.82, 2.24) is 10.1 Å². The molecule has 0 unspecified atom stereocenters. The van der Waals surface area contributed by atoms with Crippen LogP contribution in [0.1, 0.15) is 31.0 Å². The Labute approximate surface area is 71.1 Å². The van der Waals surface area contributed by atoms with Gasteiger partial charge in [-0.05, 0) is 19.3 Å². The van der Waals surface area contributed by atoms with E-state index in [0.29, 0.717) is 5.89 Å². The molecule has 66 valence electrons. The van der Waals surface area contributed by atoms with Crippen LogP contribution in [-0.2, 0) is 6.42 Å². The molecule has 1 saturated carbocycles. The lowest BCUT2D eigenvalue weighted by Crippen LogP contribution is -2.22. The molecular weight excluding hydrogens is 154 g/mol. The van der Waals surface area contributed by atoms with Crippen molar-refractivity contribution in [1.29, 1.82) is 0 Å². The maximum absolute atomic E-state index is 5.92. The first-order valence-corrected chi connectivity index (χ1v) is 4.26. The molecule has 1 fully saturated rings. The minimum absolute atomic E-state index is 0.0918. The monoisotopic (exact) mass is 167 g/mol. The van der Waals surface area contributed by atoms with Crippen LogP contribution in [0.5, 0.6) is 0 Å². The highest BCUT2D eigenvalue weighted by Crippen LogP contribution is 2.36. The molecule has 0 amide bonds. The Hall–Kier alpha value is -0.900. The lowest BCUT2D eigenvalue weighted by molar-refractivity contribution is 0.386. The van der Waals surface area contributed by atoms with E-state index in [4.69, 9.17) is 10.3 Å². The molecule has 1 aromatic rings. The summed E-state index contributed by atoms with van der Waals surface area (Å²) in [5.41, 5.74) is 6.01. The van der Waals surface area contributed by atoms with Gasteiger partial charge >= 0.3 is 0 Å². The van der Waals surface area contributed by atoms with Crippen LogP contribution in [0.3, 0.4) is 0 Å². The van der Waals surface area contributed by atoms with E-state index in [9.17, 15) is 0 Å². The second-order valence-corrected chi connectivity index (χ2v) is 3.59. The van der Waals surface area contributed by atoms with Crippen molar-refractivity contribution < 1.29 is 4.52 Å². The first-order chi connectivity index (χ1) is 5.68. The molecule has 4 nitrogen and oxygen atoms in total. The lowest BCUT2D eigenvalue weighted by Gasteiger charge is -2.03. The molecule has 0 bridgehead atoms. The highest BCUT2D eigenvalue weighted by Gasteiger charge is 2.37.